The zero-order valence-electron chi connectivity index (χ0n) is 8.50. The quantitative estimate of drug-likeness (QED) is 0.917. The second-order valence-corrected chi connectivity index (χ2v) is 4.50. The summed E-state index contributed by atoms with van der Waals surface area (Å²) in [5.41, 5.74) is 0.484. The molecule has 0 saturated carbocycles. The SMILES string of the molecule is CC(C)C(C(=O)O)c1cccc(F)c1Br. The van der Waals surface area contributed by atoms with Crippen LogP contribution in [0.5, 0.6) is 0 Å². The highest BCUT2D eigenvalue weighted by Crippen LogP contribution is 2.32. The zero-order chi connectivity index (χ0) is 11.6. The van der Waals surface area contributed by atoms with Gasteiger partial charge in [0.1, 0.15) is 5.82 Å². The van der Waals surface area contributed by atoms with Gasteiger partial charge in [0.25, 0.3) is 0 Å². The summed E-state index contributed by atoms with van der Waals surface area (Å²) >= 11 is 3.08. The van der Waals surface area contributed by atoms with E-state index in [2.05, 4.69) is 15.9 Å². The van der Waals surface area contributed by atoms with Crippen LogP contribution in [0, 0.1) is 11.7 Å². The lowest BCUT2D eigenvalue weighted by Crippen LogP contribution is -2.18. The van der Waals surface area contributed by atoms with Crippen LogP contribution in [0.25, 0.3) is 0 Å². The first-order valence-corrected chi connectivity index (χ1v) is 5.41. The number of carbonyl (C=O) groups is 1. The van der Waals surface area contributed by atoms with Crippen LogP contribution in [-0.4, -0.2) is 11.1 Å². The van der Waals surface area contributed by atoms with Gasteiger partial charge in [0.05, 0.1) is 10.4 Å². The maximum Gasteiger partial charge on any atom is 0.311 e. The molecule has 0 fully saturated rings. The number of hydrogen-bond donors (Lipinski definition) is 1. The molecule has 0 aliphatic heterocycles. The number of halogens is 2. The van der Waals surface area contributed by atoms with Crippen molar-refractivity contribution in [2.45, 2.75) is 19.8 Å². The van der Waals surface area contributed by atoms with Gasteiger partial charge in [-0.05, 0) is 33.5 Å². The van der Waals surface area contributed by atoms with E-state index in [1.165, 1.54) is 12.1 Å². The molecular formula is C11H12BrFO2. The van der Waals surface area contributed by atoms with Gasteiger partial charge in [-0.3, -0.25) is 4.79 Å². The molecule has 0 aromatic heterocycles. The first kappa shape index (κ1) is 12.2. The topological polar surface area (TPSA) is 37.3 Å². The van der Waals surface area contributed by atoms with Crippen LogP contribution in [0.4, 0.5) is 4.39 Å². The molecule has 1 unspecified atom stereocenters. The maximum absolute atomic E-state index is 13.2. The van der Waals surface area contributed by atoms with E-state index in [0.717, 1.165) is 0 Å². The second kappa shape index (κ2) is 4.75. The van der Waals surface area contributed by atoms with Gasteiger partial charge in [-0.25, -0.2) is 4.39 Å². The molecule has 0 saturated heterocycles. The van der Waals surface area contributed by atoms with E-state index in [-0.39, 0.29) is 10.4 Å². The fourth-order valence-corrected chi connectivity index (χ4v) is 2.05. The minimum Gasteiger partial charge on any atom is -0.481 e. The molecule has 0 aliphatic carbocycles. The summed E-state index contributed by atoms with van der Waals surface area (Å²) < 4.78 is 13.5. The van der Waals surface area contributed by atoms with Gasteiger partial charge >= 0.3 is 5.97 Å². The van der Waals surface area contributed by atoms with Crippen LogP contribution >= 0.6 is 15.9 Å². The maximum atomic E-state index is 13.2. The largest absolute Gasteiger partial charge is 0.481 e. The number of rotatable bonds is 3. The highest BCUT2D eigenvalue weighted by molar-refractivity contribution is 9.10. The molecule has 0 aliphatic rings. The Bertz CT molecular complexity index is 377. The molecule has 1 aromatic carbocycles. The van der Waals surface area contributed by atoms with Gasteiger partial charge < -0.3 is 5.11 Å². The summed E-state index contributed by atoms with van der Waals surface area (Å²) in [5.74, 6) is -2.13. The van der Waals surface area contributed by atoms with Gasteiger partial charge in [0.2, 0.25) is 0 Å². The Morgan fingerprint density at radius 3 is 2.53 bits per heavy atom. The Balaban J connectivity index is 3.23. The Hall–Kier alpha value is -0.900. The fraction of sp³-hybridized carbons (Fsp3) is 0.364. The first-order valence-electron chi connectivity index (χ1n) is 4.62. The van der Waals surface area contributed by atoms with Crippen LogP contribution in [0.1, 0.15) is 25.3 Å². The van der Waals surface area contributed by atoms with Crippen molar-refractivity contribution in [3.8, 4) is 0 Å². The lowest BCUT2D eigenvalue weighted by atomic mass is 9.88. The molecule has 0 amide bonds. The summed E-state index contributed by atoms with van der Waals surface area (Å²) in [6.07, 6.45) is 0. The molecule has 0 radical (unpaired) electrons. The third kappa shape index (κ3) is 2.56. The number of carboxylic acids is 1. The zero-order valence-corrected chi connectivity index (χ0v) is 10.1. The normalized spacial score (nSPS) is 12.9. The van der Waals surface area contributed by atoms with E-state index in [0.29, 0.717) is 5.56 Å². The first-order chi connectivity index (χ1) is 6.95. The Morgan fingerprint density at radius 1 is 1.47 bits per heavy atom. The third-order valence-electron chi connectivity index (χ3n) is 2.25. The minimum absolute atomic E-state index is 0.0828. The van der Waals surface area contributed by atoms with Crippen molar-refractivity contribution < 1.29 is 14.3 Å². The predicted molar refractivity (Wildman–Crippen MR) is 59.3 cm³/mol. The molecule has 0 bridgehead atoms. The van der Waals surface area contributed by atoms with Gasteiger partial charge in [-0.15, -0.1) is 0 Å². The van der Waals surface area contributed by atoms with E-state index in [1.54, 1.807) is 19.9 Å². The molecule has 1 atom stereocenters. The number of aliphatic carboxylic acids is 1. The highest BCUT2D eigenvalue weighted by Gasteiger charge is 2.26. The molecule has 82 valence electrons. The molecule has 0 spiro atoms. The number of benzene rings is 1. The average molecular weight is 275 g/mol. The minimum atomic E-state index is -0.934. The number of carboxylic acid groups (broad SMARTS) is 1. The van der Waals surface area contributed by atoms with Gasteiger partial charge in [-0.1, -0.05) is 26.0 Å². The van der Waals surface area contributed by atoms with Gasteiger partial charge in [0, 0.05) is 0 Å². The molecule has 1 aromatic rings. The molecule has 2 nitrogen and oxygen atoms in total. The van der Waals surface area contributed by atoms with Crippen molar-refractivity contribution in [3.63, 3.8) is 0 Å². The lowest BCUT2D eigenvalue weighted by molar-refractivity contribution is -0.139. The van der Waals surface area contributed by atoms with Crippen LogP contribution in [0.3, 0.4) is 0 Å². The molecule has 1 N–H and O–H groups in total. The van der Waals surface area contributed by atoms with E-state index in [9.17, 15) is 9.18 Å². The highest BCUT2D eigenvalue weighted by atomic mass is 79.9. The summed E-state index contributed by atoms with van der Waals surface area (Å²) in [7, 11) is 0. The standard InChI is InChI=1S/C11H12BrFO2/c1-6(2)9(11(14)15)7-4-3-5-8(13)10(7)12/h3-6,9H,1-2H3,(H,14,15). The van der Waals surface area contributed by atoms with Crippen molar-refractivity contribution in [2.75, 3.05) is 0 Å². The average Bonchev–Trinajstić information content (AvgIpc) is 2.11. The van der Waals surface area contributed by atoms with E-state index in [1.807, 2.05) is 0 Å². The smallest absolute Gasteiger partial charge is 0.311 e. The van der Waals surface area contributed by atoms with Gasteiger partial charge in [0.15, 0.2) is 0 Å². The Morgan fingerprint density at radius 2 is 2.07 bits per heavy atom. The molecule has 15 heavy (non-hydrogen) atoms. The van der Waals surface area contributed by atoms with Crippen molar-refractivity contribution >= 4 is 21.9 Å². The van der Waals surface area contributed by atoms with Crippen molar-refractivity contribution in [1.82, 2.24) is 0 Å². The Kier molecular flexibility index (Phi) is 3.85. The van der Waals surface area contributed by atoms with Crippen LogP contribution in [-0.2, 0) is 4.79 Å². The second-order valence-electron chi connectivity index (χ2n) is 3.70. The fourth-order valence-electron chi connectivity index (χ4n) is 1.54. The molecule has 4 heteroatoms. The van der Waals surface area contributed by atoms with E-state index in [4.69, 9.17) is 5.11 Å². The van der Waals surface area contributed by atoms with E-state index >= 15 is 0 Å². The van der Waals surface area contributed by atoms with Crippen molar-refractivity contribution in [2.24, 2.45) is 5.92 Å². The van der Waals surface area contributed by atoms with E-state index < -0.39 is 17.7 Å². The molecule has 1 rings (SSSR count). The van der Waals surface area contributed by atoms with Crippen LogP contribution in [0.15, 0.2) is 22.7 Å². The summed E-state index contributed by atoms with van der Waals surface area (Å²) in [4.78, 5) is 11.1. The Labute approximate surface area is 96.2 Å². The third-order valence-corrected chi connectivity index (χ3v) is 3.09. The van der Waals surface area contributed by atoms with Crippen LogP contribution < -0.4 is 0 Å². The predicted octanol–water partition coefficient (Wildman–Crippen LogP) is 3.41. The van der Waals surface area contributed by atoms with Crippen molar-refractivity contribution in [3.05, 3.63) is 34.1 Å². The summed E-state index contributed by atoms with van der Waals surface area (Å²) in [6.45, 7) is 3.60. The summed E-state index contributed by atoms with van der Waals surface area (Å²) in [6, 6.07) is 4.45. The van der Waals surface area contributed by atoms with Gasteiger partial charge in [-0.2, -0.15) is 0 Å². The molecular weight excluding hydrogens is 263 g/mol. The number of hydrogen-bond acceptors (Lipinski definition) is 1. The van der Waals surface area contributed by atoms with Crippen LogP contribution in [0.2, 0.25) is 0 Å². The summed E-state index contributed by atoms with van der Waals surface area (Å²) in [5, 5.41) is 9.07. The monoisotopic (exact) mass is 274 g/mol. The molecule has 0 heterocycles. The lowest BCUT2D eigenvalue weighted by Gasteiger charge is -2.18. The van der Waals surface area contributed by atoms with Crippen molar-refractivity contribution in [1.29, 1.82) is 0 Å².